The molecule has 0 aliphatic carbocycles. The molecule has 134 valence electrons. The Kier molecular flexibility index (Phi) is 5.18. The molecule has 0 saturated carbocycles. The summed E-state index contributed by atoms with van der Waals surface area (Å²) in [4.78, 5) is 8.97. The first kappa shape index (κ1) is 17.6. The van der Waals surface area contributed by atoms with Crippen molar-refractivity contribution < 1.29 is 4.74 Å². The number of pyridine rings is 1. The zero-order valence-corrected chi connectivity index (χ0v) is 15.8. The van der Waals surface area contributed by atoms with Gasteiger partial charge in [0.15, 0.2) is 5.82 Å². The zero-order valence-electron chi connectivity index (χ0n) is 15.8. The minimum atomic E-state index is 0.300. The van der Waals surface area contributed by atoms with E-state index in [1.807, 2.05) is 32.0 Å². The molecule has 0 bridgehead atoms. The summed E-state index contributed by atoms with van der Waals surface area (Å²) in [7, 11) is 5.65. The van der Waals surface area contributed by atoms with Gasteiger partial charge in [-0.05, 0) is 57.0 Å². The lowest BCUT2D eigenvalue weighted by atomic mass is 10.1. The first-order valence-corrected chi connectivity index (χ1v) is 8.75. The largest absolute Gasteiger partial charge is 0.481 e. The molecule has 3 heterocycles. The Morgan fingerprint density at radius 3 is 2.68 bits per heavy atom. The second kappa shape index (κ2) is 7.35. The van der Waals surface area contributed by atoms with Crippen LogP contribution in [0.15, 0.2) is 18.2 Å². The zero-order chi connectivity index (χ0) is 18.0. The molecule has 0 N–H and O–H groups in total. The average molecular weight is 341 g/mol. The fourth-order valence-corrected chi connectivity index (χ4v) is 3.50. The van der Waals surface area contributed by atoms with E-state index in [0.717, 1.165) is 48.2 Å². The molecule has 2 aromatic heterocycles. The molecular formula is C19H27N5O. The minimum Gasteiger partial charge on any atom is -0.481 e. The smallest absolute Gasteiger partial charge is 0.218 e. The predicted octanol–water partition coefficient (Wildman–Crippen LogP) is 2.90. The van der Waals surface area contributed by atoms with E-state index in [-0.39, 0.29) is 0 Å². The van der Waals surface area contributed by atoms with E-state index in [1.54, 1.807) is 7.11 Å². The number of ether oxygens (including phenoxy) is 1. The van der Waals surface area contributed by atoms with E-state index in [2.05, 4.69) is 39.1 Å². The third-order valence-corrected chi connectivity index (χ3v) is 4.83. The van der Waals surface area contributed by atoms with E-state index in [9.17, 15) is 0 Å². The summed E-state index contributed by atoms with van der Waals surface area (Å²) in [5.41, 5.74) is 4.42. The monoisotopic (exact) mass is 341 g/mol. The number of likely N-dealkylation sites (tertiary alicyclic amines) is 1. The predicted molar refractivity (Wildman–Crippen MR) is 99.0 cm³/mol. The maximum atomic E-state index is 5.53. The molecule has 0 radical (unpaired) electrons. The molecule has 0 amide bonds. The van der Waals surface area contributed by atoms with Gasteiger partial charge in [0.25, 0.3) is 0 Å². The third-order valence-electron chi connectivity index (χ3n) is 4.83. The van der Waals surface area contributed by atoms with Crippen molar-refractivity contribution in [1.82, 2.24) is 20.1 Å². The van der Waals surface area contributed by atoms with E-state index in [4.69, 9.17) is 4.74 Å². The van der Waals surface area contributed by atoms with Gasteiger partial charge < -0.3 is 9.64 Å². The second-order valence-electron chi connectivity index (χ2n) is 6.91. The Bertz CT molecular complexity index is 729. The summed E-state index contributed by atoms with van der Waals surface area (Å²) >= 11 is 0. The maximum Gasteiger partial charge on any atom is 0.218 e. The molecule has 6 heteroatoms. The molecule has 1 aliphatic rings. The molecule has 0 aromatic carbocycles. The molecule has 1 unspecified atom stereocenters. The standard InChI is InChI=1S/C19H27N5O/c1-13-11-14(2)20-19(25-5)15(13)12-24-10-6-7-17(24)16-8-9-18(22-21-16)23(3)4/h8-9,11,17H,6-7,10,12H2,1-5H3. The minimum absolute atomic E-state index is 0.300. The highest BCUT2D eigenvalue weighted by Crippen LogP contribution is 2.34. The van der Waals surface area contributed by atoms with Gasteiger partial charge in [-0.1, -0.05) is 0 Å². The first-order valence-electron chi connectivity index (χ1n) is 8.75. The van der Waals surface area contributed by atoms with Crippen molar-refractivity contribution in [3.63, 3.8) is 0 Å². The topological polar surface area (TPSA) is 54.4 Å². The van der Waals surface area contributed by atoms with Gasteiger partial charge in [-0.2, -0.15) is 5.10 Å². The number of aryl methyl sites for hydroxylation is 2. The molecule has 1 saturated heterocycles. The van der Waals surface area contributed by atoms with Crippen LogP contribution in [0.3, 0.4) is 0 Å². The fraction of sp³-hybridized carbons (Fsp3) is 0.526. The van der Waals surface area contributed by atoms with Crippen molar-refractivity contribution in [3.05, 3.63) is 40.7 Å². The number of anilines is 1. The summed E-state index contributed by atoms with van der Waals surface area (Å²) in [6, 6.07) is 6.56. The van der Waals surface area contributed by atoms with Crippen LogP contribution in [0.5, 0.6) is 5.88 Å². The molecule has 1 fully saturated rings. The number of aromatic nitrogens is 3. The van der Waals surface area contributed by atoms with Crippen LogP contribution in [0.25, 0.3) is 0 Å². The van der Waals surface area contributed by atoms with Crippen LogP contribution >= 0.6 is 0 Å². The van der Waals surface area contributed by atoms with Gasteiger partial charge in [0.05, 0.1) is 18.8 Å². The SMILES string of the molecule is COc1nc(C)cc(C)c1CN1CCCC1c1ccc(N(C)C)nn1. The highest BCUT2D eigenvalue weighted by molar-refractivity contribution is 5.37. The Balaban J connectivity index is 1.83. The van der Waals surface area contributed by atoms with Crippen LogP contribution in [-0.2, 0) is 6.54 Å². The van der Waals surface area contributed by atoms with Gasteiger partial charge in [-0.3, -0.25) is 4.90 Å². The summed E-state index contributed by atoms with van der Waals surface area (Å²) < 4.78 is 5.53. The lowest BCUT2D eigenvalue weighted by Gasteiger charge is -2.25. The molecular weight excluding hydrogens is 314 g/mol. The Labute approximate surface area is 149 Å². The van der Waals surface area contributed by atoms with Crippen molar-refractivity contribution in [1.29, 1.82) is 0 Å². The van der Waals surface area contributed by atoms with Gasteiger partial charge in [0, 0.05) is 31.9 Å². The molecule has 1 aliphatic heterocycles. The normalized spacial score (nSPS) is 17.7. The number of rotatable bonds is 5. The quantitative estimate of drug-likeness (QED) is 0.833. The molecule has 0 spiro atoms. The van der Waals surface area contributed by atoms with Gasteiger partial charge in [0.1, 0.15) is 0 Å². The van der Waals surface area contributed by atoms with Gasteiger partial charge in [0.2, 0.25) is 5.88 Å². The number of nitrogens with zero attached hydrogens (tertiary/aromatic N) is 5. The molecule has 6 nitrogen and oxygen atoms in total. The average Bonchev–Trinajstić information content (AvgIpc) is 3.05. The fourth-order valence-electron chi connectivity index (χ4n) is 3.50. The van der Waals surface area contributed by atoms with Gasteiger partial charge >= 0.3 is 0 Å². The van der Waals surface area contributed by atoms with Crippen molar-refractivity contribution >= 4 is 5.82 Å². The van der Waals surface area contributed by atoms with Gasteiger partial charge in [-0.25, -0.2) is 4.98 Å². The van der Waals surface area contributed by atoms with Crippen molar-refractivity contribution in [2.45, 2.75) is 39.3 Å². The van der Waals surface area contributed by atoms with Crippen LogP contribution in [0, 0.1) is 13.8 Å². The molecule has 3 rings (SSSR count). The summed E-state index contributed by atoms with van der Waals surface area (Å²) in [5, 5.41) is 8.81. The van der Waals surface area contributed by atoms with Crippen LogP contribution in [0.4, 0.5) is 5.82 Å². The molecule has 25 heavy (non-hydrogen) atoms. The van der Waals surface area contributed by atoms with E-state index in [1.165, 1.54) is 12.0 Å². The van der Waals surface area contributed by atoms with Crippen molar-refractivity contribution in [3.8, 4) is 5.88 Å². The van der Waals surface area contributed by atoms with Crippen molar-refractivity contribution in [2.24, 2.45) is 0 Å². The Morgan fingerprint density at radius 2 is 2.04 bits per heavy atom. The lowest BCUT2D eigenvalue weighted by molar-refractivity contribution is 0.238. The first-order chi connectivity index (χ1) is 12.0. The number of hydrogen-bond donors (Lipinski definition) is 0. The van der Waals surface area contributed by atoms with E-state index < -0.39 is 0 Å². The number of hydrogen-bond acceptors (Lipinski definition) is 6. The second-order valence-corrected chi connectivity index (χ2v) is 6.91. The highest BCUT2D eigenvalue weighted by Gasteiger charge is 2.29. The Hall–Kier alpha value is -2.21. The third kappa shape index (κ3) is 3.74. The lowest BCUT2D eigenvalue weighted by Crippen LogP contribution is -2.25. The molecule has 1 atom stereocenters. The Morgan fingerprint density at radius 1 is 1.24 bits per heavy atom. The van der Waals surface area contributed by atoms with Crippen LogP contribution in [0.1, 0.15) is 41.4 Å². The van der Waals surface area contributed by atoms with E-state index in [0.29, 0.717) is 6.04 Å². The highest BCUT2D eigenvalue weighted by atomic mass is 16.5. The van der Waals surface area contributed by atoms with Crippen LogP contribution in [-0.4, -0.2) is 47.8 Å². The summed E-state index contributed by atoms with van der Waals surface area (Å²) in [5.74, 6) is 1.62. The molecule has 2 aromatic rings. The van der Waals surface area contributed by atoms with Crippen molar-refractivity contribution in [2.75, 3.05) is 32.6 Å². The summed E-state index contributed by atoms with van der Waals surface area (Å²) in [6.45, 7) is 6.01. The van der Waals surface area contributed by atoms with E-state index >= 15 is 0 Å². The maximum absolute atomic E-state index is 5.53. The summed E-state index contributed by atoms with van der Waals surface area (Å²) in [6.07, 6.45) is 2.28. The number of methoxy groups -OCH3 is 1. The van der Waals surface area contributed by atoms with Gasteiger partial charge in [-0.15, -0.1) is 5.10 Å². The van der Waals surface area contributed by atoms with Crippen LogP contribution < -0.4 is 9.64 Å². The van der Waals surface area contributed by atoms with Crippen LogP contribution in [0.2, 0.25) is 0 Å².